The summed E-state index contributed by atoms with van der Waals surface area (Å²) in [6, 6.07) is 16.6. The lowest BCUT2D eigenvalue weighted by Crippen LogP contribution is -2.53. The molecule has 0 radical (unpaired) electrons. The molecule has 1 amide bonds. The van der Waals surface area contributed by atoms with Gasteiger partial charge >= 0.3 is 0 Å². The smallest absolute Gasteiger partial charge is 0.253 e. The van der Waals surface area contributed by atoms with E-state index in [0.717, 1.165) is 50.3 Å². The van der Waals surface area contributed by atoms with E-state index in [1.807, 2.05) is 23.2 Å². The first kappa shape index (κ1) is 19.1. The Bertz CT molecular complexity index is 1060. The van der Waals surface area contributed by atoms with Crippen LogP contribution in [0.15, 0.2) is 60.9 Å². The quantitative estimate of drug-likeness (QED) is 0.653. The van der Waals surface area contributed by atoms with Crippen LogP contribution in [0.4, 0.5) is 0 Å². The lowest BCUT2D eigenvalue weighted by molar-refractivity contribution is 0.0230. The number of imidazole rings is 1. The molecule has 30 heavy (non-hydrogen) atoms. The topological polar surface area (TPSA) is 41.4 Å². The summed E-state index contributed by atoms with van der Waals surface area (Å²) in [6.45, 7) is 4.49. The minimum atomic E-state index is -0.161. The average Bonchev–Trinajstić information content (AvgIpc) is 3.26. The van der Waals surface area contributed by atoms with Gasteiger partial charge < -0.3 is 9.47 Å². The molecular weight excluding hydrogens is 372 g/mol. The van der Waals surface area contributed by atoms with Gasteiger partial charge in [-0.15, -0.1) is 0 Å². The van der Waals surface area contributed by atoms with Crippen molar-refractivity contribution in [2.75, 3.05) is 20.1 Å². The Balaban J connectivity index is 1.42. The first-order chi connectivity index (χ1) is 14.6. The lowest BCUT2D eigenvalue weighted by atomic mass is 9.84. The summed E-state index contributed by atoms with van der Waals surface area (Å²) in [6.07, 6.45) is 6.73. The van der Waals surface area contributed by atoms with Crippen molar-refractivity contribution in [2.45, 2.75) is 38.3 Å². The maximum atomic E-state index is 13.1. The molecule has 0 saturated carbocycles. The second-order valence-electron chi connectivity index (χ2n) is 8.48. The van der Waals surface area contributed by atoms with Gasteiger partial charge in [-0.05, 0) is 55.6 Å². The van der Waals surface area contributed by atoms with Crippen LogP contribution in [0.2, 0.25) is 0 Å². The number of hydrogen-bond donors (Lipinski definition) is 0. The van der Waals surface area contributed by atoms with Gasteiger partial charge in [-0.25, -0.2) is 4.98 Å². The number of para-hydroxylation sites is 1. The molecular formula is C25H28N4O. The van der Waals surface area contributed by atoms with Crippen molar-refractivity contribution < 1.29 is 4.79 Å². The van der Waals surface area contributed by atoms with Crippen LogP contribution in [0, 0.1) is 0 Å². The SMILES string of the molecule is CCc1ccc(C(=O)N2CCC3(CC2)c2nccn2-c2ccccc2CN3C)cc1. The van der Waals surface area contributed by atoms with Gasteiger partial charge in [0.25, 0.3) is 5.91 Å². The van der Waals surface area contributed by atoms with E-state index in [2.05, 4.69) is 66.0 Å². The number of rotatable bonds is 2. The first-order valence-electron chi connectivity index (χ1n) is 10.8. The van der Waals surface area contributed by atoms with Gasteiger partial charge in [-0.2, -0.15) is 0 Å². The van der Waals surface area contributed by atoms with Crippen LogP contribution in [-0.4, -0.2) is 45.4 Å². The summed E-state index contributed by atoms with van der Waals surface area (Å²) in [7, 11) is 2.20. The van der Waals surface area contributed by atoms with E-state index in [1.165, 1.54) is 16.8 Å². The third-order valence-electron chi connectivity index (χ3n) is 6.93. The maximum Gasteiger partial charge on any atom is 0.253 e. The number of aryl methyl sites for hydroxylation is 1. The number of likely N-dealkylation sites (tertiary alicyclic amines) is 1. The number of benzene rings is 2. The molecule has 1 spiro atoms. The summed E-state index contributed by atoms with van der Waals surface area (Å²) in [5, 5.41) is 0. The van der Waals surface area contributed by atoms with Gasteiger partial charge in [0.15, 0.2) is 0 Å². The van der Waals surface area contributed by atoms with E-state index in [9.17, 15) is 4.79 Å². The molecule has 1 saturated heterocycles. The largest absolute Gasteiger partial charge is 0.338 e. The second-order valence-corrected chi connectivity index (χ2v) is 8.48. The summed E-state index contributed by atoms with van der Waals surface area (Å²) in [4.78, 5) is 22.3. The number of hydrogen-bond acceptors (Lipinski definition) is 3. The van der Waals surface area contributed by atoms with Crippen molar-refractivity contribution in [3.05, 3.63) is 83.4 Å². The molecule has 0 N–H and O–H groups in total. The highest BCUT2D eigenvalue weighted by atomic mass is 16.2. The van der Waals surface area contributed by atoms with E-state index in [0.29, 0.717) is 0 Å². The highest BCUT2D eigenvalue weighted by Crippen LogP contribution is 2.42. The van der Waals surface area contributed by atoms with E-state index >= 15 is 0 Å². The monoisotopic (exact) mass is 400 g/mol. The van der Waals surface area contributed by atoms with Crippen molar-refractivity contribution in [1.82, 2.24) is 19.4 Å². The molecule has 2 aromatic carbocycles. The zero-order chi connectivity index (χ0) is 20.7. The Kier molecular flexibility index (Phi) is 4.70. The molecule has 2 aliphatic heterocycles. The molecule has 1 aromatic heterocycles. The van der Waals surface area contributed by atoms with Gasteiger partial charge in [0.1, 0.15) is 5.82 Å². The van der Waals surface area contributed by atoms with Gasteiger partial charge in [0, 0.05) is 37.6 Å². The normalized spacial score (nSPS) is 18.0. The van der Waals surface area contributed by atoms with Crippen molar-refractivity contribution in [2.24, 2.45) is 0 Å². The zero-order valence-electron chi connectivity index (χ0n) is 17.7. The van der Waals surface area contributed by atoms with Crippen LogP contribution in [0.3, 0.4) is 0 Å². The molecule has 0 unspecified atom stereocenters. The molecule has 5 heteroatoms. The van der Waals surface area contributed by atoms with Crippen LogP contribution >= 0.6 is 0 Å². The van der Waals surface area contributed by atoms with Gasteiger partial charge in [0.2, 0.25) is 0 Å². The molecule has 2 aliphatic rings. The minimum absolute atomic E-state index is 0.135. The van der Waals surface area contributed by atoms with Crippen molar-refractivity contribution in [1.29, 1.82) is 0 Å². The maximum absolute atomic E-state index is 13.1. The van der Waals surface area contributed by atoms with Crippen LogP contribution in [0.5, 0.6) is 0 Å². The predicted octanol–water partition coefficient (Wildman–Crippen LogP) is 4.01. The van der Waals surface area contributed by atoms with E-state index in [1.54, 1.807) is 0 Å². The summed E-state index contributed by atoms with van der Waals surface area (Å²) >= 11 is 0. The first-order valence-corrected chi connectivity index (χ1v) is 10.8. The number of piperidine rings is 1. The number of carbonyl (C=O) groups is 1. The van der Waals surface area contributed by atoms with Crippen LogP contribution in [-0.2, 0) is 18.5 Å². The average molecular weight is 401 g/mol. The number of amides is 1. The molecule has 3 aromatic rings. The Morgan fingerprint density at radius 1 is 1.07 bits per heavy atom. The van der Waals surface area contributed by atoms with E-state index in [-0.39, 0.29) is 11.4 Å². The van der Waals surface area contributed by atoms with Crippen molar-refractivity contribution in [3.63, 3.8) is 0 Å². The van der Waals surface area contributed by atoms with Gasteiger partial charge in [-0.3, -0.25) is 9.69 Å². The molecule has 0 bridgehead atoms. The number of carbonyl (C=O) groups excluding carboxylic acids is 1. The Morgan fingerprint density at radius 3 is 2.53 bits per heavy atom. The second kappa shape index (κ2) is 7.40. The fourth-order valence-electron chi connectivity index (χ4n) is 5.05. The number of nitrogens with zero attached hydrogens (tertiary/aromatic N) is 4. The van der Waals surface area contributed by atoms with Crippen molar-refractivity contribution in [3.8, 4) is 5.69 Å². The molecule has 5 nitrogen and oxygen atoms in total. The molecule has 0 aliphatic carbocycles. The highest BCUT2D eigenvalue weighted by Gasteiger charge is 2.45. The Labute approximate surface area is 178 Å². The molecule has 0 atom stereocenters. The summed E-state index contributed by atoms with van der Waals surface area (Å²) < 4.78 is 2.25. The number of fused-ring (bicyclic) bond motifs is 4. The van der Waals surface area contributed by atoms with Crippen molar-refractivity contribution >= 4 is 5.91 Å². The third-order valence-corrected chi connectivity index (χ3v) is 6.93. The van der Waals surface area contributed by atoms with Gasteiger partial charge in [0.05, 0.1) is 11.2 Å². The fourth-order valence-corrected chi connectivity index (χ4v) is 5.05. The standard InChI is InChI=1S/C25H28N4O/c1-3-19-8-10-20(11-9-19)23(30)28-15-12-25(13-16-28)24-26-14-17-29(24)22-7-5-4-6-21(22)18-27(25)2/h4-11,14,17H,3,12-13,15-16,18H2,1-2H3. The zero-order valence-corrected chi connectivity index (χ0v) is 17.7. The lowest BCUT2D eigenvalue weighted by Gasteiger charge is -2.46. The molecule has 5 rings (SSSR count). The minimum Gasteiger partial charge on any atom is -0.338 e. The van der Waals surface area contributed by atoms with Crippen LogP contribution in [0.25, 0.3) is 5.69 Å². The predicted molar refractivity (Wildman–Crippen MR) is 118 cm³/mol. The van der Waals surface area contributed by atoms with Crippen LogP contribution < -0.4 is 0 Å². The Morgan fingerprint density at radius 2 is 1.80 bits per heavy atom. The molecule has 1 fully saturated rings. The van der Waals surface area contributed by atoms with Crippen LogP contribution in [0.1, 0.15) is 47.1 Å². The number of aromatic nitrogens is 2. The van der Waals surface area contributed by atoms with Gasteiger partial charge in [-0.1, -0.05) is 37.3 Å². The summed E-state index contributed by atoms with van der Waals surface area (Å²) in [5.74, 6) is 1.23. The highest BCUT2D eigenvalue weighted by molar-refractivity contribution is 5.94. The molecule has 154 valence electrons. The summed E-state index contributed by atoms with van der Waals surface area (Å²) in [5.41, 5.74) is 4.40. The Hall–Kier alpha value is -2.92. The van der Waals surface area contributed by atoms with E-state index in [4.69, 9.17) is 4.98 Å². The third kappa shape index (κ3) is 2.96. The fraction of sp³-hybridized carbons (Fsp3) is 0.360. The molecule has 3 heterocycles. The van der Waals surface area contributed by atoms with E-state index < -0.39 is 0 Å².